The highest BCUT2D eigenvalue weighted by Gasteiger charge is 2.42. The number of nitrogens with one attached hydrogen (secondary N) is 2. The number of likely N-dealkylation sites (tertiary alicyclic amines) is 1. The Morgan fingerprint density at radius 1 is 1.30 bits per heavy atom. The third kappa shape index (κ3) is 5.21. The second-order valence-corrected chi connectivity index (χ2v) is 10.1. The van der Waals surface area contributed by atoms with Crippen LogP contribution in [0.5, 0.6) is 0 Å². The maximum Gasteiger partial charge on any atom is 0.345 e. The minimum absolute atomic E-state index is 0.0770. The molecule has 1 unspecified atom stereocenters. The molecule has 0 spiro atoms. The highest BCUT2D eigenvalue weighted by Crippen LogP contribution is 2.28. The summed E-state index contributed by atoms with van der Waals surface area (Å²) in [5, 5.41) is 3.75. The Labute approximate surface area is 219 Å². The Balaban J connectivity index is 1.29. The molecule has 9 nitrogen and oxygen atoms in total. The van der Waals surface area contributed by atoms with Gasteiger partial charge in [0.1, 0.15) is 12.6 Å². The molecular formula is C25H24BrF2N5O4. The number of halogens is 3. The van der Waals surface area contributed by atoms with Crippen LogP contribution in [0.25, 0.3) is 10.9 Å². The number of amides is 3. The Morgan fingerprint density at radius 3 is 2.86 bits per heavy atom. The zero-order chi connectivity index (χ0) is 26.3. The number of benzene rings is 1. The van der Waals surface area contributed by atoms with Crippen LogP contribution >= 0.6 is 15.9 Å². The molecule has 0 aliphatic carbocycles. The minimum Gasteiger partial charge on any atom is -0.357 e. The zero-order valence-corrected chi connectivity index (χ0v) is 21.4. The predicted molar refractivity (Wildman–Crippen MR) is 133 cm³/mol. The molecule has 194 valence electrons. The highest BCUT2D eigenvalue weighted by atomic mass is 79.9. The van der Waals surface area contributed by atoms with E-state index in [1.54, 1.807) is 31.5 Å². The highest BCUT2D eigenvalue weighted by molar-refractivity contribution is 9.10. The Hall–Kier alpha value is -3.38. The van der Waals surface area contributed by atoms with Gasteiger partial charge in [-0.2, -0.15) is 8.78 Å². The van der Waals surface area contributed by atoms with Crippen LogP contribution in [-0.4, -0.2) is 69.3 Å². The van der Waals surface area contributed by atoms with Gasteiger partial charge in [-0.05, 0) is 42.8 Å². The van der Waals surface area contributed by atoms with E-state index in [0.29, 0.717) is 5.56 Å². The molecule has 1 fully saturated rings. The van der Waals surface area contributed by atoms with Gasteiger partial charge in [0.05, 0.1) is 12.1 Å². The number of ether oxygens (including phenoxy) is 1. The fourth-order valence-electron chi connectivity index (χ4n) is 4.91. The number of aromatic nitrogens is 2. The summed E-state index contributed by atoms with van der Waals surface area (Å²) in [6.07, 6.45) is 2.27. The van der Waals surface area contributed by atoms with Gasteiger partial charge in [0.25, 0.3) is 5.91 Å². The number of aromatic amines is 1. The van der Waals surface area contributed by atoms with Crippen LogP contribution in [-0.2, 0) is 20.9 Å². The van der Waals surface area contributed by atoms with Crippen molar-refractivity contribution >= 4 is 44.6 Å². The van der Waals surface area contributed by atoms with Crippen molar-refractivity contribution in [3.63, 3.8) is 0 Å². The van der Waals surface area contributed by atoms with Crippen LogP contribution in [0.15, 0.2) is 47.2 Å². The molecule has 37 heavy (non-hydrogen) atoms. The van der Waals surface area contributed by atoms with E-state index in [1.807, 2.05) is 18.2 Å². The first-order chi connectivity index (χ1) is 17.7. The lowest BCUT2D eigenvalue weighted by atomic mass is 10.1. The summed E-state index contributed by atoms with van der Waals surface area (Å²) < 4.78 is 31.4. The van der Waals surface area contributed by atoms with Gasteiger partial charge >= 0.3 is 6.61 Å². The van der Waals surface area contributed by atoms with Crippen molar-refractivity contribution < 1.29 is 27.9 Å². The lowest BCUT2D eigenvalue weighted by Gasteiger charge is -2.27. The summed E-state index contributed by atoms with van der Waals surface area (Å²) in [6.45, 7) is -1.46. The fourth-order valence-corrected chi connectivity index (χ4v) is 5.32. The molecule has 3 aromatic rings. The van der Waals surface area contributed by atoms with Gasteiger partial charge in [-0.15, -0.1) is 0 Å². The number of pyridine rings is 1. The number of H-pyrrole nitrogens is 1. The van der Waals surface area contributed by atoms with Crippen LogP contribution < -0.4 is 5.32 Å². The smallest absolute Gasteiger partial charge is 0.345 e. The van der Waals surface area contributed by atoms with Gasteiger partial charge < -0.3 is 24.8 Å². The summed E-state index contributed by atoms with van der Waals surface area (Å²) in [4.78, 5) is 49.2. The number of carbonyl (C=O) groups excluding carboxylic acids is 3. The van der Waals surface area contributed by atoms with E-state index in [1.165, 1.54) is 9.80 Å². The van der Waals surface area contributed by atoms with Crippen molar-refractivity contribution in [3.05, 3.63) is 64.0 Å². The molecule has 1 saturated heterocycles. The molecule has 0 radical (unpaired) electrons. The number of carbonyl (C=O) groups is 3. The van der Waals surface area contributed by atoms with Crippen molar-refractivity contribution in [2.45, 2.75) is 44.7 Å². The summed E-state index contributed by atoms with van der Waals surface area (Å²) in [5.74, 6) is -1.29. The van der Waals surface area contributed by atoms with Gasteiger partial charge in [-0.25, -0.2) is 0 Å². The van der Waals surface area contributed by atoms with Gasteiger partial charge in [0.2, 0.25) is 11.8 Å². The van der Waals surface area contributed by atoms with Crippen molar-refractivity contribution in [2.75, 3.05) is 13.1 Å². The molecule has 4 heterocycles. The third-order valence-electron chi connectivity index (χ3n) is 6.72. The summed E-state index contributed by atoms with van der Waals surface area (Å²) in [5.41, 5.74) is 2.88. The van der Waals surface area contributed by atoms with Crippen molar-refractivity contribution in [1.29, 1.82) is 0 Å². The average molecular weight is 576 g/mol. The predicted octanol–water partition coefficient (Wildman–Crippen LogP) is 3.37. The van der Waals surface area contributed by atoms with Crippen LogP contribution in [0, 0.1) is 0 Å². The van der Waals surface area contributed by atoms with Crippen molar-refractivity contribution in [1.82, 2.24) is 25.1 Å². The van der Waals surface area contributed by atoms with Gasteiger partial charge in [-0.3, -0.25) is 19.4 Å². The van der Waals surface area contributed by atoms with Crippen molar-refractivity contribution in [2.24, 2.45) is 0 Å². The molecule has 2 aliphatic rings. The topological polar surface area (TPSA) is 108 Å². The molecular weight excluding hydrogens is 552 g/mol. The SMILES string of the molecule is C[C@@H](NC(=O)C1C[C@@H](OC(F)F)CN1C(=O)CN1Cc2cc(Br)ccc2C1=O)c1cc2cnccc2[nH]1. The number of fused-ring (bicyclic) bond motifs is 2. The summed E-state index contributed by atoms with van der Waals surface area (Å²) in [7, 11) is 0. The van der Waals surface area contributed by atoms with E-state index >= 15 is 0 Å². The number of alkyl halides is 2. The molecule has 2 aliphatic heterocycles. The largest absolute Gasteiger partial charge is 0.357 e. The van der Waals surface area contributed by atoms with E-state index in [4.69, 9.17) is 0 Å². The Kier molecular flexibility index (Phi) is 6.95. The molecule has 2 N–H and O–H groups in total. The van der Waals surface area contributed by atoms with Gasteiger partial charge in [0, 0.05) is 58.5 Å². The van der Waals surface area contributed by atoms with E-state index in [0.717, 1.165) is 26.6 Å². The lowest BCUT2D eigenvalue weighted by molar-refractivity contribution is -0.160. The second kappa shape index (κ2) is 10.2. The number of hydrogen-bond acceptors (Lipinski definition) is 5. The van der Waals surface area contributed by atoms with E-state index < -0.39 is 36.6 Å². The molecule has 2 aromatic heterocycles. The number of nitrogens with zero attached hydrogens (tertiary/aromatic N) is 3. The van der Waals surface area contributed by atoms with Crippen LogP contribution in [0.4, 0.5) is 8.78 Å². The first kappa shape index (κ1) is 25.3. The Morgan fingerprint density at radius 2 is 2.11 bits per heavy atom. The van der Waals surface area contributed by atoms with Crippen LogP contribution in [0.2, 0.25) is 0 Å². The molecule has 5 rings (SSSR count). The first-order valence-electron chi connectivity index (χ1n) is 11.7. The van der Waals surface area contributed by atoms with E-state index in [9.17, 15) is 23.2 Å². The number of rotatable bonds is 7. The zero-order valence-electron chi connectivity index (χ0n) is 19.8. The fraction of sp³-hybridized carbons (Fsp3) is 0.360. The van der Waals surface area contributed by atoms with E-state index in [2.05, 4.69) is 36.0 Å². The summed E-state index contributed by atoms with van der Waals surface area (Å²) in [6, 6.07) is 7.47. The molecule has 0 saturated carbocycles. The lowest BCUT2D eigenvalue weighted by Crippen LogP contribution is -2.49. The monoisotopic (exact) mass is 575 g/mol. The van der Waals surface area contributed by atoms with Gasteiger partial charge in [0.15, 0.2) is 0 Å². The molecule has 0 bridgehead atoms. The standard InChI is InChI=1S/C25H24BrF2N5O4/c1-13(20-7-14-9-29-5-4-19(14)31-20)30-23(35)21-8-17(37-25(27)28)11-33(21)22(34)12-32-10-15-6-16(26)2-3-18(15)24(32)36/h2-7,9,13,17,21,25,31H,8,10-12H2,1H3,(H,30,35)/t13-,17-,21?/m1/s1. The maximum absolute atomic E-state index is 13.3. The summed E-state index contributed by atoms with van der Waals surface area (Å²) >= 11 is 3.38. The van der Waals surface area contributed by atoms with Gasteiger partial charge in [-0.1, -0.05) is 15.9 Å². The quantitative estimate of drug-likeness (QED) is 0.449. The number of hydrogen-bond donors (Lipinski definition) is 2. The third-order valence-corrected chi connectivity index (χ3v) is 7.21. The minimum atomic E-state index is -3.03. The maximum atomic E-state index is 13.3. The Bertz CT molecular complexity index is 1330. The first-order valence-corrected chi connectivity index (χ1v) is 12.5. The van der Waals surface area contributed by atoms with E-state index in [-0.39, 0.29) is 32.0 Å². The van der Waals surface area contributed by atoms with Crippen LogP contribution in [0.3, 0.4) is 0 Å². The second-order valence-electron chi connectivity index (χ2n) is 9.20. The van der Waals surface area contributed by atoms with Crippen LogP contribution in [0.1, 0.15) is 41.0 Å². The van der Waals surface area contributed by atoms with Crippen molar-refractivity contribution in [3.8, 4) is 0 Å². The normalized spacial score (nSPS) is 20.1. The molecule has 12 heteroatoms. The average Bonchev–Trinajstić information content (AvgIpc) is 3.54. The molecule has 1 aromatic carbocycles. The molecule has 3 atom stereocenters. The molecule has 3 amide bonds.